The van der Waals surface area contributed by atoms with Crippen molar-refractivity contribution in [3.05, 3.63) is 32.6 Å². The zero-order chi connectivity index (χ0) is 26.3. The number of aromatic amines is 1. The summed E-state index contributed by atoms with van der Waals surface area (Å²) in [5.74, 6) is 0. The summed E-state index contributed by atoms with van der Waals surface area (Å²) in [7, 11) is -11.4. The summed E-state index contributed by atoms with van der Waals surface area (Å²) < 4.78 is 48.0. The Morgan fingerprint density at radius 2 is 1.70 bits per heavy atom. The minimum absolute atomic E-state index is 0. The number of hydrogen-bond acceptors (Lipinski definition) is 15. The number of phosphoric ester groups is 2. The molecular formula is C16H24N2Na2O15P2. The Kier molecular flexibility index (Phi) is 13.6. The van der Waals surface area contributed by atoms with Crippen molar-refractivity contribution in [2.24, 2.45) is 0 Å². The molecule has 37 heavy (non-hydrogen) atoms. The molecule has 0 spiro atoms. The number of ether oxygens (including phenoxy) is 2. The first-order chi connectivity index (χ1) is 16.1. The topological polar surface area (TPSA) is 262 Å². The van der Waals surface area contributed by atoms with E-state index in [0.29, 0.717) is 0 Å². The molecule has 2 aliphatic heterocycles. The second kappa shape index (κ2) is 14.0. The van der Waals surface area contributed by atoms with Gasteiger partial charge in [-0.1, -0.05) is 0 Å². The van der Waals surface area contributed by atoms with Gasteiger partial charge in [-0.05, 0) is 13.8 Å². The SMILES string of the molecule is Cc1cn([C@H]2C[C@H](O)[C@@H](COP(=O)([O-])OP(=O)([O-])O[C@H]3O[C@@H](C)[C@H](O)[C@@H](O)[C@H]3O)O2)c(=O)[nH]c1=O.[Na+].[Na+]. The predicted octanol–water partition coefficient (Wildman–Crippen LogP) is -9.68. The van der Waals surface area contributed by atoms with Crippen LogP contribution in [0.3, 0.4) is 0 Å². The number of aryl methyl sites for hydroxylation is 1. The van der Waals surface area contributed by atoms with E-state index >= 15 is 0 Å². The van der Waals surface area contributed by atoms with Gasteiger partial charge in [-0.2, -0.15) is 0 Å². The van der Waals surface area contributed by atoms with Gasteiger partial charge in [0.25, 0.3) is 21.2 Å². The van der Waals surface area contributed by atoms with Gasteiger partial charge in [0.2, 0.25) is 0 Å². The molecule has 0 saturated carbocycles. The van der Waals surface area contributed by atoms with Crippen LogP contribution in [0.15, 0.2) is 15.8 Å². The molecule has 1 aromatic rings. The van der Waals surface area contributed by atoms with E-state index < -0.39 is 82.6 Å². The molecule has 0 aliphatic carbocycles. The monoisotopic (exact) mass is 592 g/mol. The number of aliphatic hydroxyl groups excluding tert-OH is 4. The molecule has 17 nitrogen and oxygen atoms in total. The quantitative estimate of drug-likeness (QED) is 0.139. The average Bonchev–Trinajstić information content (AvgIpc) is 3.11. The third-order valence-electron chi connectivity index (χ3n) is 5.30. The van der Waals surface area contributed by atoms with Crippen molar-refractivity contribution in [2.75, 3.05) is 6.61 Å². The van der Waals surface area contributed by atoms with E-state index in [4.69, 9.17) is 9.47 Å². The Morgan fingerprint density at radius 1 is 1.08 bits per heavy atom. The van der Waals surface area contributed by atoms with Gasteiger partial charge < -0.3 is 44.2 Å². The molecule has 1 aromatic heterocycles. The Hall–Kier alpha value is 0.700. The molecule has 21 heteroatoms. The fourth-order valence-corrected chi connectivity index (χ4v) is 5.47. The van der Waals surface area contributed by atoms with Gasteiger partial charge in [-0.25, -0.2) is 9.11 Å². The largest absolute Gasteiger partial charge is 1.00 e. The van der Waals surface area contributed by atoms with Crippen LogP contribution < -0.4 is 80.2 Å². The molecule has 3 rings (SSSR count). The van der Waals surface area contributed by atoms with Gasteiger partial charge in [-0.3, -0.25) is 28.0 Å². The normalized spacial score (nSPS) is 35.0. The molecule has 3 heterocycles. The van der Waals surface area contributed by atoms with Gasteiger partial charge >= 0.3 is 64.8 Å². The standard InChI is InChI=1S/C16H26N2O15P2.2Na/c1-6-4-18(16(24)17-14(6)23)10-3-8(19)9(31-10)5-29-34(25,26)33-35(27,28)32-15-13(22)12(21)11(20)7(2)30-15;;/h4,7-13,15,19-22H,3,5H2,1-2H3,(H,25,26)(H,27,28)(H,17,23,24);;/q;2*+1/p-2/t7-,8-,9+,10+,11-,12+,13+,15+;;/m0../s1. The van der Waals surface area contributed by atoms with Crippen LogP contribution in [0.5, 0.6) is 0 Å². The van der Waals surface area contributed by atoms with E-state index in [9.17, 15) is 48.9 Å². The molecule has 2 fully saturated rings. The van der Waals surface area contributed by atoms with E-state index in [1.54, 1.807) is 0 Å². The first-order valence-corrected chi connectivity index (χ1v) is 13.0. The zero-order valence-corrected chi connectivity index (χ0v) is 26.0. The fourth-order valence-electron chi connectivity index (χ4n) is 3.39. The van der Waals surface area contributed by atoms with Crippen LogP contribution in [0.4, 0.5) is 0 Å². The van der Waals surface area contributed by atoms with Crippen molar-refractivity contribution >= 4 is 15.6 Å². The number of aliphatic hydroxyl groups is 4. The van der Waals surface area contributed by atoms with Crippen LogP contribution >= 0.6 is 15.6 Å². The first-order valence-electron chi connectivity index (χ1n) is 10.1. The third kappa shape index (κ3) is 9.10. The summed E-state index contributed by atoms with van der Waals surface area (Å²) in [6, 6.07) is 0. The number of H-pyrrole nitrogens is 1. The summed E-state index contributed by atoms with van der Waals surface area (Å²) >= 11 is 0. The Balaban J connectivity index is 0.00000342. The van der Waals surface area contributed by atoms with E-state index in [1.165, 1.54) is 20.0 Å². The van der Waals surface area contributed by atoms with Gasteiger partial charge in [0.15, 0.2) is 6.29 Å². The van der Waals surface area contributed by atoms with Gasteiger partial charge in [-0.15, -0.1) is 0 Å². The van der Waals surface area contributed by atoms with E-state index in [-0.39, 0.29) is 71.1 Å². The van der Waals surface area contributed by atoms with Crippen LogP contribution in [0.25, 0.3) is 0 Å². The Bertz CT molecular complexity index is 1130. The average molecular weight is 592 g/mol. The van der Waals surface area contributed by atoms with Gasteiger partial charge in [0, 0.05) is 18.2 Å². The number of nitrogens with one attached hydrogen (secondary N) is 1. The molecule has 0 bridgehead atoms. The minimum Gasteiger partial charge on any atom is -0.756 e. The molecule has 0 aromatic carbocycles. The summed E-state index contributed by atoms with van der Waals surface area (Å²) in [5, 5.41) is 39.2. The molecule has 5 N–H and O–H groups in total. The molecule has 0 amide bonds. The maximum atomic E-state index is 12.0. The molecule has 10 atom stereocenters. The van der Waals surface area contributed by atoms with E-state index in [0.717, 1.165) is 4.57 Å². The second-order valence-electron chi connectivity index (χ2n) is 7.97. The number of nitrogens with zero attached hydrogens (tertiary/aromatic N) is 1. The van der Waals surface area contributed by atoms with Crippen molar-refractivity contribution in [1.29, 1.82) is 0 Å². The minimum atomic E-state index is -5.76. The van der Waals surface area contributed by atoms with Crippen LogP contribution in [0, 0.1) is 6.92 Å². The van der Waals surface area contributed by atoms with Crippen molar-refractivity contribution < 1.29 is 121 Å². The fraction of sp³-hybridized carbons (Fsp3) is 0.750. The first kappa shape index (κ1) is 35.7. The van der Waals surface area contributed by atoms with Gasteiger partial charge in [0.05, 0.1) is 18.8 Å². The molecule has 2 saturated heterocycles. The summed E-state index contributed by atoms with van der Waals surface area (Å²) in [6.45, 7) is 1.74. The van der Waals surface area contributed by atoms with Crippen molar-refractivity contribution in [3.8, 4) is 0 Å². The van der Waals surface area contributed by atoms with E-state index in [1.807, 2.05) is 4.98 Å². The molecule has 2 aliphatic rings. The number of rotatable bonds is 8. The van der Waals surface area contributed by atoms with E-state index in [2.05, 4.69) is 13.4 Å². The second-order valence-corrected chi connectivity index (χ2v) is 10.9. The molecule has 2 unspecified atom stereocenters. The van der Waals surface area contributed by atoms with Crippen LogP contribution in [-0.2, 0) is 32.0 Å². The molecule has 0 radical (unpaired) electrons. The van der Waals surface area contributed by atoms with Crippen LogP contribution in [0.1, 0.15) is 25.1 Å². The molecule has 200 valence electrons. The number of hydrogen-bond donors (Lipinski definition) is 5. The Morgan fingerprint density at radius 3 is 2.32 bits per heavy atom. The smallest absolute Gasteiger partial charge is 0.756 e. The zero-order valence-electron chi connectivity index (χ0n) is 20.2. The van der Waals surface area contributed by atoms with Crippen LogP contribution in [-0.4, -0.2) is 79.5 Å². The molecular weight excluding hydrogens is 568 g/mol. The predicted molar refractivity (Wildman–Crippen MR) is 106 cm³/mol. The third-order valence-corrected chi connectivity index (χ3v) is 7.83. The summed E-state index contributed by atoms with van der Waals surface area (Å²) in [4.78, 5) is 49.5. The number of aromatic nitrogens is 2. The van der Waals surface area contributed by atoms with Crippen LogP contribution in [0.2, 0.25) is 0 Å². The number of phosphoric acid groups is 2. The Labute approximate surface area is 253 Å². The summed E-state index contributed by atoms with van der Waals surface area (Å²) in [5.41, 5.74) is -1.28. The van der Waals surface area contributed by atoms with Crippen molar-refractivity contribution in [1.82, 2.24) is 9.55 Å². The maximum Gasteiger partial charge on any atom is 1.00 e. The maximum absolute atomic E-state index is 12.0. The van der Waals surface area contributed by atoms with Gasteiger partial charge in [0.1, 0.15) is 30.6 Å². The van der Waals surface area contributed by atoms with Crippen molar-refractivity contribution in [2.45, 2.75) is 69.4 Å². The van der Waals surface area contributed by atoms with Crippen molar-refractivity contribution in [3.63, 3.8) is 0 Å². The summed E-state index contributed by atoms with van der Waals surface area (Å²) in [6.07, 6.45) is -11.5.